The molecule has 1 heterocycles. The van der Waals surface area contributed by atoms with Gasteiger partial charge in [-0.25, -0.2) is 9.97 Å². The van der Waals surface area contributed by atoms with Gasteiger partial charge in [0.15, 0.2) is 0 Å². The van der Waals surface area contributed by atoms with Crippen LogP contribution in [-0.2, 0) is 4.79 Å². The van der Waals surface area contributed by atoms with E-state index >= 15 is 0 Å². The van der Waals surface area contributed by atoms with Crippen LogP contribution in [0.3, 0.4) is 0 Å². The lowest BCUT2D eigenvalue weighted by atomic mass is 10.2. The van der Waals surface area contributed by atoms with Crippen LogP contribution in [0.4, 0.5) is 0 Å². The number of benzene rings is 1. The highest BCUT2D eigenvalue weighted by Crippen LogP contribution is 2.24. The summed E-state index contributed by atoms with van der Waals surface area (Å²) in [5, 5.41) is 5.16. The van der Waals surface area contributed by atoms with Crippen molar-refractivity contribution in [2.45, 2.75) is 37.4 Å². The Labute approximate surface area is 128 Å². The van der Waals surface area contributed by atoms with E-state index in [1.807, 2.05) is 38.1 Å². The van der Waals surface area contributed by atoms with E-state index in [4.69, 9.17) is 5.73 Å². The number of amides is 1. The molecule has 1 amide bonds. The molecule has 0 saturated carbocycles. The number of hydrogen-bond acceptors (Lipinski definition) is 5. The third-order valence-electron chi connectivity index (χ3n) is 3.03. The highest BCUT2D eigenvalue weighted by Gasteiger charge is 2.16. The average molecular weight is 304 g/mol. The van der Waals surface area contributed by atoms with Gasteiger partial charge in [0.05, 0.1) is 11.6 Å². The number of nitrogens with zero attached hydrogens (tertiary/aromatic N) is 2. The molecule has 0 aliphatic rings. The van der Waals surface area contributed by atoms with E-state index in [1.165, 1.54) is 0 Å². The molecule has 1 unspecified atom stereocenters. The van der Waals surface area contributed by atoms with Crippen molar-refractivity contribution in [3.8, 4) is 0 Å². The number of para-hydroxylation sites is 1. The Balaban J connectivity index is 2.00. The summed E-state index contributed by atoms with van der Waals surface area (Å²) in [5.74, 6) is 0.464. The zero-order valence-corrected chi connectivity index (χ0v) is 13.1. The first-order valence-electron chi connectivity index (χ1n) is 6.96. The van der Waals surface area contributed by atoms with Crippen LogP contribution in [0, 0.1) is 0 Å². The minimum atomic E-state index is -0.308. The highest BCUT2D eigenvalue weighted by molar-refractivity contribution is 7.99. The predicted octanol–water partition coefficient (Wildman–Crippen LogP) is 1.96. The van der Waals surface area contributed by atoms with Gasteiger partial charge in [0.1, 0.15) is 11.4 Å². The summed E-state index contributed by atoms with van der Waals surface area (Å²) in [6.45, 7) is 4.00. The largest absolute Gasteiger partial charge is 0.368 e. The van der Waals surface area contributed by atoms with Gasteiger partial charge in [0.2, 0.25) is 5.91 Å². The van der Waals surface area contributed by atoms with Crippen molar-refractivity contribution >= 4 is 28.6 Å². The van der Waals surface area contributed by atoms with E-state index in [0.29, 0.717) is 6.42 Å². The van der Waals surface area contributed by atoms with Crippen molar-refractivity contribution in [3.63, 3.8) is 0 Å². The molecule has 1 atom stereocenters. The summed E-state index contributed by atoms with van der Waals surface area (Å²) in [7, 11) is 0. The Kier molecular flexibility index (Phi) is 5.52. The standard InChI is InChI=1S/C15H20N4OS/c1-10(2)19-13(14(16)20)7-8-21-15-11-5-3-4-6-12(11)17-9-18-15/h3-6,9-10,13,19H,7-8H2,1-2H3,(H2,16,20). The maximum absolute atomic E-state index is 11.4. The number of aromatic nitrogens is 2. The van der Waals surface area contributed by atoms with E-state index in [9.17, 15) is 4.79 Å². The van der Waals surface area contributed by atoms with Crippen molar-refractivity contribution in [1.29, 1.82) is 0 Å². The highest BCUT2D eigenvalue weighted by atomic mass is 32.2. The summed E-state index contributed by atoms with van der Waals surface area (Å²) in [5.41, 5.74) is 6.35. The molecule has 6 heteroatoms. The van der Waals surface area contributed by atoms with Gasteiger partial charge in [-0.05, 0) is 12.5 Å². The van der Waals surface area contributed by atoms with Gasteiger partial charge in [0, 0.05) is 17.2 Å². The van der Waals surface area contributed by atoms with Crippen LogP contribution in [0.5, 0.6) is 0 Å². The fourth-order valence-electron chi connectivity index (χ4n) is 2.08. The number of fused-ring (bicyclic) bond motifs is 1. The molecule has 0 spiro atoms. The Morgan fingerprint density at radius 2 is 2.10 bits per heavy atom. The van der Waals surface area contributed by atoms with Crippen LogP contribution in [-0.4, -0.2) is 33.7 Å². The van der Waals surface area contributed by atoms with Gasteiger partial charge in [-0.15, -0.1) is 11.8 Å². The first kappa shape index (κ1) is 15.7. The number of nitrogens with two attached hydrogens (primary N) is 1. The molecule has 0 aliphatic carbocycles. The van der Waals surface area contributed by atoms with Gasteiger partial charge >= 0.3 is 0 Å². The number of hydrogen-bond donors (Lipinski definition) is 2. The van der Waals surface area contributed by atoms with E-state index < -0.39 is 0 Å². The van der Waals surface area contributed by atoms with Gasteiger partial charge in [-0.1, -0.05) is 32.0 Å². The van der Waals surface area contributed by atoms with E-state index in [2.05, 4.69) is 15.3 Å². The van der Waals surface area contributed by atoms with Crippen molar-refractivity contribution in [2.75, 3.05) is 5.75 Å². The van der Waals surface area contributed by atoms with Crippen molar-refractivity contribution in [1.82, 2.24) is 15.3 Å². The lowest BCUT2D eigenvalue weighted by molar-refractivity contribution is -0.120. The maximum atomic E-state index is 11.4. The topological polar surface area (TPSA) is 80.9 Å². The fraction of sp³-hybridized carbons (Fsp3) is 0.400. The molecular weight excluding hydrogens is 284 g/mol. The van der Waals surface area contributed by atoms with E-state index in [-0.39, 0.29) is 18.0 Å². The molecule has 1 aromatic heterocycles. The minimum absolute atomic E-state index is 0.229. The number of thioether (sulfide) groups is 1. The molecule has 21 heavy (non-hydrogen) atoms. The molecule has 0 aliphatic heterocycles. The Morgan fingerprint density at radius 1 is 1.33 bits per heavy atom. The van der Waals surface area contributed by atoms with Crippen LogP contribution >= 0.6 is 11.8 Å². The second-order valence-electron chi connectivity index (χ2n) is 5.11. The second kappa shape index (κ2) is 7.38. The molecule has 2 aromatic rings. The van der Waals surface area contributed by atoms with E-state index in [1.54, 1.807) is 18.1 Å². The summed E-state index contributed by atoms with van der Waals surface area (Å²) in [6, 6.07) is 7.84. The third-order valence-corrected chi connectivity index (χ3v) is 4.07. The average Bonchev–Trinajstić information content (AvgIpc) is 2.46. The Hall–Kier alpha value is -1.66. The lowest BCUT2D eigenvalue weighted by Gasteiger charge is -2.17. The zero-order chi connectivity index (χ0) is 15.2. The fourth-order valence-corrected chi connectivity index (χ4v) is 3.08. The van der Waals surface area contributed by atoms with Gasteiger partial charge in [-0.2, -0.15) is 0 Å². The zero-order valence-electron chi connectivity index (χ0n) is 12.2. The van der Waals surface area contributed by atoms with Crippen LogP contribution in [0.1, 0.15) is 20.3 Å². The van der Waals surface area contributed by atoms with Gasteiger partial charge in [0.25, 0.3) is 0 Å². The SMILES string of the molecule is CC(C)NC(CCSc1ncnc2ccccc12)C(N)=O. The predicted molar refractivity (Wildman–Crippen MR) is 86.1 cm³/mol. The molecule has 0 bridgehead atoms. The minimum Gasteiger partial charge on any atom is -0.368 e. The van der Waals surface area contributed by atoms with Gasteiger partial charge < -0.3 is 11.1 Å². The first-order valence-corrected chi connectivity index (χ1v) is 7.94. The van der Waals surface area contributed by atoms with Crippen LogP contribution < -0.4 is 11.1 Å². The third kappa shape index (κ3) is 4.41. The van der Waals surface area contributed by atoms with Crippen LogP contribution in [0.25, 0.3) is 10.9 Å². The summed E-state index contributed by atoms with van der Waals surface area (Å²) in [6.07, 6.45) is 2.25. The smallest absolute Gasteiger partial charge is 0.234 e. The van der Waals surface area contributed by atoms with Crippen molar-refractivity contribution in [3.05, 3.63) is 30.6 Å². The molecule has 5 nitrogen and oxygen atoms in total. The maximum Gasteiger partial charge on any atom is 0.234 e. The lowest BCUT2D eigenvalue weighted by Crippen LogP contribution is -2.44. The van der Waals surface area contributed by atoms with Crippen LogP contribution in [0.2, 0.25) is 0 Å². The quantitative estimate of drug-likeness (QED) is 0.604. The number of nitrogens with one attached hydrogen (secondary N) is 1. The molecule has 112 valence electrons. The van der Waals surface area contributed by atoms with Gasteiger partial charge in [-0.3, -0.25) is 4.79 Å². The van der Waals surface area contributed by atoms with Crippen molar-refractivity contribution in [2.24, 2.45) is 5.73 Å². The monoisotopic (exact) mass is 304 g/mol. The first-order chi connectivity index (χ1) is 10.1. The Morgan fingerprint density at radius 3 is 2.81 bits per heavy atom. The molecule has 0 radical (unpaired) electrons. The Bertz CT molecular complexity index is 612. The number of carbonyl (C=O) groups excluding carboxylic acids is 1. The molecule has 0 saturated heterocycles. The number of rotatable bonds is 7. The summed E-state index contributed by atoms with van der Waals surface area (Å²) in [4.78, 5) is 20.0. The summed E-state index contributed by atoms with van der Waals surface area (Å²) >= 11 is 1.62. The second-order valence-corrected chi connectivity index (χ2v) is 6.19. The number of primary amides is 1. The van der Waals surface area contributed by atoms with E-state index in [0.717, 1.165) is 21.7 Å². The molecule has 0 fully saturated rings. The molecular formula is C15H20N4OS. The van der Waals surface area contributed by atoms with Crippen molar-refractivity contribution < 1.29 is 4.79 Å². The molecule has 2 rings (SSSR count). The number of carbonyl (C=O) groups is 1. The normalized spacial score (nSPS) is 12.7. The molecule has 1 aromatic carbocycles. The molecule has 3 N–H and O–H groups in total. The van der Waals surface area contributed by atoms with Crippen LogP contribution in [0.15, 0.2) is 35.6 Å². The summed E-state index contributed by atoms with van der Waals surface area (Å²) < 4.78 is 0.